The number of fused-ring (bicyclic) bond motifs is 1. The van der Waals surface area contributed by atoms with E-state index in [0.717, 1.165) is 16.9 Å². The number of hydrogen-bond acceptors (Lipinski definition) is 5. The largest absolute Gasteiger partial charge is 0.466 e. The predicted molar refractivity (Wildman–Crippen MR) is 111 cm³/mol. The minimum Gasteiger partial charge on any atom is -0.466 e. The van der Waals surface area contributed by atoms with E-state index < -0.39 is 0 Å². The molecule has 1 aliphatic heterocycles. The van der Waals surface area contributed by atoms with Crippen molar-refractivity contribution in [3.63, 3.8) is 0 Å². The lowest BCUT2D eigenvalue weighted by molar-refractivity contribution is -0.679. The maximum absolute atomic E-state index is 13.3. The van der Waals surface area contributed by atoms with E-state index in [1.807, 2.05) is 47.0 Å². The van der Waals surface area contributed by atoms with Gasteiger partial charge >= 0.3 is 5.88 Å². The van der Waals surface area contributed by atoms with Gasteiger partial charge in [0.15, 0.2) is 5.78 Å². The highest BCUT2D eigenvalue weighted by Crippen LogP contribution is 2.50. The molecule has 1 atom stereocenters. The number of rotatable bonds is 3. The number of ether oxygens (including phenoxy) is 1. The molecule has 0 saturated heterocycles. The molecular weight excluding hydrogens is 378 g/mol. The van der Waals surface area contributed by atoms with Crippen molar-refractivity contribution in [2.24, 2.45) is 5.41 Å². The van der Waals surface area contributed by atoms with Crippen LogP contribution in [0.25, 0.3) is 0 Å². The normalized spacial score (nSPS) is 19.8. The number of carbonyl (C=O) groups excluding carboxylic acids is 1. The number of Topliss-reactive ketones (excluding diaryl/α,β-unsaturated/α-hetero) is 1. The minimum atomic E-state index is -0.301. The van der Waals surface area contributed by atoms with E-state index in [1.165, 1.54) is 0 Å². The quantitative estimate of drug-likeness (QED) is 0.675. The summed E-state index contributed by atoms with van der Waals surface area (Å²) >= 11 is 0. The highest BCUT2D eigenvalue weighted by Gasteiger charge is 2.45. The van der Waals surface area contributed by atoms with E-state index in [-0.39, 0.29) is 17.1 Å². The molecule has 0 radical (unpaired) electrons. The molecule has 1 aromatic carbocycles. The van der Waals surface area contributed by atoms with Gasteiger partial charge in [0.2, 0.25) is 12.1 Å². The van der Waals surface area contributed by atoms with E-state index in [1.54, 1.807) is 12.6 Å². The first kappa shape index (κ1) is 18.6. The summed E-state index contributed by atoms with van der Waals surface area (Å²) in [5, 5.41) is 0. The second-order valence-corrected chi connectivity index (χ2v) is 8.78. The smallest absolute Gasteiger partial charge is 0.305 e. The zero-order valence-corrected chi connectivity index (χ0v) is 17.1. The summed E-state index contributed by atoms with van der Waals surface area (Å²) in [7, 11) is 0. The molecule has 0 bridgehead atoms. The molecule has 0 fully saturated rings. The average molecular weight is 402 g/mol. The fourth-order valence-electron chi connectivity index (χ4n) is 4.50. The molecule has 6 nitrogen and oxygen atoms in total. The number of aromatic nitrogens is 2. The van der Waals surface area contributed by atoms with Gasteiger partial charge in [-0.1, -0.05) is 49.2 Å². The lowest BCUT2D eigenvalue weighted by Crippen LogP contribution is -2.41. The standard InChI is InChI=1S/C24H23N3O3/c1-24(2)11-17(28)20-18(12-24)30-23-21(19(20)15-7-4-3-5-8-15)22(25)27(14-26-23)13-16-9-6-10-29-16/h3-10,14,19,25H,11-13H2,1-2H3/p+1/t19-/m0/s1. The van der Waals surface area contributed by atoms with Crippen LogP contribution in [-0.4, -0.2) is 10.8 Å². The SMILES string of the molecule is CC1(C)CC(=O)C2=C(C1)Oc1nc[n+](Cc3ccco3)c(N)c1[C@H]2c1ccccc1. The van der Waals surface area contributed by atoms with Crippen LogP contribution < -0.4 is 15.0 Å². The molecule has 3 heterocycles. The van der Waals surface area contributed by atoms with Crippen molar-refractivity contribution in [1.29, 1.82) is 0 Å². The number of anilines is 1. The number of furan rings is 1. The Morgan fingerprint density at radius 3 is 2.70 bits per heavy atom. The summed E-state index contributed by atoms with van der Waals surface area (Å²) < 4.78 is 13.5. The van der Waals surface area contributed by atoms with E-state index in [2.05, 4.69) is 18.8 Å². The van der Waals surface area contributed by atoms with Gasteiger partial charge in [-0.2, -0.15) is 0 Å². The Bertz CT molecular complexity index is 1150. The fourth-order valence-corrected chi connectivity index (χ4v) is 4.50. The van der Waals surface area contributed by atoms with Crippen LogP contribution in [0, 0.1) is 5.41 Å². The molecule has 0 unspecified atom stereocenters. The van der Waals surface area contributed by atoms with Crippen LogP contribution in [0.15, 0.2) is 70.8 Å². The third-order valence-corrected chi connectivity index (χ3v) is 5.85. The Kier molecular flexibility index (Phi) is 4.24. The Balaban J connectivity index is 1.69. The van der Waals surface area contributed by atoms with Gasteiger partial charge in [-0.3, -0.25) is 4.79 Å². The average Bonchev–Trinajstić information content (AvgIpc) is 3.21. The molecule has 5 rings (SSSR count). The van der Waals surface area contributed by atoms with Crippen molar-refractivity contribution >= 4 is 11.6 Å². The number of nitrogen functional groups attached to an aromatic ring is 1. The Morgan fingerprint density at radius 2 is 1.97 bits per heavy atom. The number of hydrogen-bond donors (Lipinski definition) is 1. The number of nitrogens with zero attached hydrogens (tertiary/aromatic N) is 2. The predicted octanol–water partition coefficient (Wildman–Crippen LogP) is 3.76. The first-order valence-electron chi connectivity index (χ1n) is 10.1. The van der Waals surface area contributed by atoms with Gasteiger partial charge in [-0.25, -0.2) is 4.57 Å². The maximum atomic E-state index is 13.3. The van der Waals surface area contributed by atoms with Gasteiger partial charge in [0.1, 0.15) is 23.6 Å². The first-order valence-corrected chi connectivity index (χ1v) is 10.1. The van der Waals surface area contributed by atoms with Gasteiger partial charge in [0.25, 0.3) is 0 Å². The van der Waals surface area contributed by atoms with Crippen molar-refractivity contribution in [2.45, 2.75) is 39.2 Å². The van der Waals surface area contributed by atoms with Crippen molar-refractivity contribution in [1.82, 2.24) is 4.98 Å². The van der Waals surface area contributed by atoms with Crippen LogP contribution in [0.5, 0.6) is 5.88 Å². The summed E-state index contributed by atoms with van der Waals surface area (Å²) in [5.74, 6) is 2.30. The van der Waals surface area contributed by atoms with E-state index in [4.69, 9.17) is 14.9 Å². The Hall–Kier alpha value is -3.41. The summed E-state index contributed by atoms with van der Waals surface area (Å²) in [6.45, 7) is 4.64. The molecule has 1 aliphatic carbocycles. The van der Waals surface area contributed by atoms with Crippen molar-refractivity contribution < 1.29 is 18.5 Å². The maximum Gasteiger partial charge on any atom is 0.305 e. The zero-order valence-electron chi connectivity index (χ0n) is 17.1. The van der Waals surface area contributed by atoms with Crippen LogP contribution in [0.2, 0.25) is 0 Å². The van der Waals surface area contributed by atoms with Crippen molar-refractivity contribution in [2.75, 3.05) is 5.73 Å². The van der Waals surface area contributed by atoms with Crippen LogP contribution in [0.1, 0.15) is 49.5 Å². The fraction of sp³-hybridized carbons (Fsp3) is 0.292. The lowest BCUT2D eigenvalue weighted by Gasteiger charge is -2.37. The van der Waals surface area contributed by atoms with Gasteiger partial charge in [-0.05, 0) is 23.1 Å². The molecule has 30 heavy (non-hydrogen) atoms. The van der Waals surface area contributed by atoms with Gasteiger partial charge < -0.3 is 14.9 Å². The highest BCUT2D eigenvalue weighted by molar-refractivity contribution is 6.00. The van der Waals surface area contributed by atoms with E-state index in [9.17, 15) is 4.79 Å². The summed E-state index contributed by atoms with van der Waals surface area (Å²) in [6, 6.07) is 13.7. The number of benzene rings is 1. The van der Waals surface area contributed by atoms with Crippen LogP contribution in [0.3, 0.4) is 0 Å². The number of carbonyl (C=O) groups is 1. The number of ketones is 1. The van der Waals surface area contributed by atoms with E-state index >= 15 is 0 Å². The second kappa shape index (κ2) is 6.83. The molecule has 152 valence electrons. The number of allylic oxidation sites excluding steroid dienone is 2. The third kappa shape index (κ3) is 3.09. The molecular formula is C24H24N3O3+. The Labute approximate surface area is 175 Å². The zero-order chi connectivity index (χ0) is 20.9. The molecule has 6 heteroatoms. The van der Waals surface area contributed by atoms with Gasteiger partial charge in [0.05, 0.1) is 12.2 Å². The summed E-state index contributed by atoms with van der Waals surface area (Å²) in [6.07, 6.45) is 4.48. The van der Waals surface area contributed by atoms with Gasteiger partial charge in [0, 0.05) is 18.4 Å². The van der Waals surface area contributed by atoms with Gasteiger partial charge in [-0.15, -0.1) is 0 Å². The minimum absolute atomic E-state index is 0.113. The van der Waals surface area contributed by atoms with Crippen molar-refractivity contribution in [3.8, 4) is 5.88 Å². The number of nitrogens with two attached hydrogens (primary N) is 1. The molecule has 2 aromatic heterocycles. The summed E-state index contributed by atoms with van der Waals surface area (Å²) in [4.78, 5) is 17.8. The molecule has 0 saturated carbocycles. The topological polar surface area (TPSA) is 82.2 Å². The summed E-state index contributed by atoms with van der Waals surface area (Å²) in [5.41, 5.74) is 8.94. The molecule has 2 N–H and O–H groups in total. The third-order valence-electron chi connectivity index (χ3n) is 5.85. The van der Waals surface area contributed by atoms with E-state index in [0.29, 0.717) is 42.4 Å². The molecule has 2 aliphatic rings. The Morgan fingerprint density at radius 1 is 1.17 bits per heavy atom. The lowest BCUT2D eigenvalue weighted by atomic mass is 9.70. The monoisotopic (exact) mass is 402 g/mol. The molecule has 0 spiro atoms. The van der Waals surface area contributed by atoms with Crippen LogP contribution in [-0.2, 0) is 11.3 Å². The first-order chi connectivity index (χ1) is 14.4. The molecule has 0 amide bonds. The van der Waals surface area contributed by atoms with Crippen LogP contribution in [0.4, 0.5) is 5.82 Å². The highest BCUT2D eigenvalue weighted by atomic mass is 16.5. The second-order valence-electron chi connectivity index (χ2n) is 8.78. The molecule has 3 aromatic rings. The van der Waals surface area contributed by atoms with Crippen molar-refractivity contribution in [3.05, 3.63) is 83.3 Å². The van der Waals surface area contributed by atoms with Crippen LogP contribution >= 0.6 is 0 Å².